The number of thiophene rings is 1. The molecule has 5 heteroatoms. The van der Waals surface area contributed by atoms with Gasteiger partial charge in [0.1, 0.15) is 0 Å². The fourth-order valence-corrected chi connectivity index (χ4v) is 3.85. The molecule has 0 fully saturated rings. The van der Waals surface area contributed by atoms with Crippen LogP contribution in [0.15, 0.2) is 6.07 Å². The van der Waals surface area contributed by atoms with Crippen molar-refractivity contribution in [3.8, 4) is 0 Å². The Morgan fingerprint density at radius 3 is 2.76 bits per heavy atom. The largest absolute Gasteiger partial charge is 0.349 e. The van der Waals surface area contributed by atoms with Gasteiger partial charge in [-0.3, -0.25) is 9.59 Å². The predicted molar refractivity (Wildman–Crippen MR) is 92.4 cm³/mol. The summed E-state index contributed by atoms with van der Waals surface area (Å²) in [5.74, 6) is 0.893. The summed E-state index contributed by atoms with van der Waals surface area (Å²) in [7, 11) is 0. The topological polar surface area (TPSA) is 46.2 Å². The molecular formula is C16H25NO2S2. The SMILES string of the molecule is CCCC(C)NC(=O)c1sc(CCCSC(C)=O)cc1C. The van der Waals surface area contributed by atoms with Crippen molar-refractivity contribution in [1.82, 2.24) is 5.32 Å². The molecule has 0 bridgehead atoms. The number of thioether (sulfide) groups is 1. The summed E-state index contributed by atoms with van der Waals surface area (Å²) in [6.45, 7) is 7.75. The van der Waals surface area contributed by atoms with Crippen molar-refractivity contribution in [1.29, 1.82) is 0 Å². The monoisotopic (exact) mass is 327 g/mol. The summed E-state index contributed by atoms with van der Waals surface area (Å²) in [6, 6.07) is 2.32. The third kappa shape index (κ3) is 6.66. The van der Waals surface area contributed by atoms with E-state index < -0.39 is 0 Å². The van der Waals surface area contributed by atoms with Crippen LogP contribution in [0.3, 0.4) is 0 Å². The number of rotatable bonds is 8. The van der Waals surface area contributed by atoms with Gasteiger partial charge in [-0.25, -0.2) is 0 Å². The van der Waals surface area contributed by atoms with E-state index in [0.717, 1.165) is 41.9 Å². The quantitative estimate of drug-likeness (QED) is 0.728. The summed E-state index contributed by atoms with van der Waals surface area (Å²) in [4.78, 5) is 25.2. The minimum absolute atomic E-state index is 0.0443. The molecule has 1 rings (SSSR count). The zero-order valence-corrected chi connectivity index (χ0v) is 15.0. The van der Waals surface area contributed by atoms with Gasteiger partial charge in [0.2, 0.25) is 0 Å². The summed E-state index contributed by atoms with van der Waals surface area (Å²) < 4.78 is 0. The first-order valence-electron chi connectivity index (χ1n) is 7.47. The molecule has 0 saturated heterocycles. The second-order valence-electron chi connectivity index (χ2n) is 5.33. The first-order chi connectivity index (χ1) is 9.93. The zero-order chi connectivity index (χ0) is 15.8. The highest BCUT2D eigenvalue weighted by Gasteiger charge is 2.15. The van der Waals surface area contributed by atoms with E-state index in [0.29, 0.717) is 0 Å². The van der Waals surface area contributed by atoms with Gasteiger partial charge in [-0.2, -0.15) is 0 Å². The molecule has 1 heterocycles. The van der Waals surface area contributed by atoms with Crippen molar-refractivity contribution in [3.05, 3.63) is 21.4 Å². The van der Waals surface area contributed by atoms with Crippen LogP contribution in [0, 0.1) is 6.92 Å². The van der Waals surface area contributed by atoms with Gasteiger partial charge in [0, 0.05) is 23.6 Å². The molecule has 1 unspecified atom stereocenters. The molecule has 0 radical (unpaired) electrons. The standard InChI is InChI=1S/C16H25NO2S2/c1-5-7-12(3)17-16(19)15-11(2)10-14(21-15)8-6-9-20-13(4)18/h10,12H,5-9H2,1-4H3,(H,17,19). The molecular weight excluding hydrogens is 302 g/mol. The highest BCUT2D eigenvalue weighted by Crippen LogP contribution is 2.24. The molecule has 21 heavy (non-hydrogen) atoms. The Balaban J connectivity index is 2.52. The third-order valence-corrected chi connectivity index (χ3v) is 5.34. The third-order valence-electron chi connectivity index (χ3n) is 3.15. The second-order valence-corrected chi connectivity index (χ2v) is 7.74. The minimum Gasteiger partial charge on any atom is -0.349 e. The highest BCUT2D eigenvalue weighted by molar-refractivity contribution is 8.13. The molecule has 118 valence electrons. The van der Waals surface area contributed by atoms with Crippen LogP contribution >= 0.6 is 23.1 Å². The van der Waals surface area contributed by atoms with Crippen molar-refractivity contribution in [2.24, 2.45) is 0 Å². The summed E-state index contributed by atoms with van der Waals surface area (Å²) >= 11 is 2.95. The maximum atomic E-state index is 12.2. The molecule has 1 aromatic heterocycles. The predicted octanol–water partition coefficient (Wildman–Crippen LogP) is 4.19. The summed E-state index contributed by atoms with van der Waals surface area (Å²) in [5.41, 5.74) is 1.05. The maximum Gasteiger partial charge on any atom is 0.261 e. The Labute approximate surface area is 135 Å². The Morgan fingerprint density at radius 2 is 2.14 bits per heavy atom. The average molecular weight is 328 g/mol. The van der Waals surface area contributed by atoms with Gasteiger partial charge in [-0.05, 0) is 44.7 Å². The van der Waals surface area contributed by atoms with Gasteiger partial charge in [0.05, 0.1) is 4.88 Å². The zero-order valence-electron chi connectivity index (χ0n) is 13.3. The smallest absolute Gasteiger partial charge is 0.261 e. The second kappa shape index (κ2) is 9.26. The van der Waals surface area contributed by atoms with Crippen molar-refractivity contribution in [2.45, 2.75) is 59.4 Å². The van der Waals surface area contributed by atoms with E-state index in [9.17, 15) is 9.59 Å². The summed E-state index contributed by atoms with van der Waals surface area (Å²) in [5, 5.41) is 3.22. The molecule has 1 aromatic rings. The van der Waals surface area contributed by atoms with E-state index in [1.807, 2.05) is 13.8 Å². The molecule has 0 aliphatic carbocycles. The lowest BCUT2D eigenvalue weighted by atomic mass is 10.2. The molecule has 0 aromatic carbocycles. The Morgan fingerprint density at radius 1 is 1.43 bits per heavy atom. The lowest BCUT2D eigenvalue weighted by Crippen LogP contribution is -2.32. The maximum absolute atomic E-state index is 12.2. The molecule has 1 amide bonds. The van der Waals surface area contributed by atoms with E-state index in [1.165, 1.54) is 16.6 Å². The van der Waals surface area contributed by atoms with Crippen molar-refractivity contribution >= 4 is 34.1 Å². The average Bonchev–Trinajstić information content (AvgIpc) is 2.76. The fraction of sp³-hybridized carbons (Fsp3) is 0.625. The van der Waals surface area contributed by atoms with Crippen LogP contribution in [0.5, 0.6) is 0 Å². The highest BCUT2D eigenvalue weighted by atomic mass is 32.2. The lowest BCUT2D eigenvalue weighted by molar-refractivity contribution is -0.109. The van der Waals surface area contributed by atoms with Crippen LogP contribution < -0.4 is 5.32 Å². The number of nitrogens with one attached hydrogen (secondary N) is 1. The fourth-order valence-electron chi connectivity index (χ4n) is 2.15. The van der Waals surface area contributed by atoms with Crippen molar-refractivity contribution in [2.75, 3.05) is 5.75 Å². The van der Waals surface area contributed by atoms with Crippen LogP contribution in [0.2, 0.25) is 0 Å². The molecule has 0 aliphatic rings. The van der Waals surface area contributed by atoms with Crippen LogP contribution in [0.25, 0.3) is 0 Å². The van der Waals surface area contributed by atoms with Gasteiger partial charge >= 0.3 is 0 Å². The molecule has 0 saturated carbocycles. The van der Waals surface area contributed by atoms with Gasteiger partial charge < -0.3 is 5.32 Å². The van der Waals surface area contributed by atoms with Gasteiger partial charge in [-0.15, -0.1) is 11.3 Å². The van der Waals surface area contributed by atoms with Crippen LogP contribution in [-0.2, 0) is 11.2 Å². The van der Waals surface area contributed by atoms with Crippen LogP contribution in [-0.4, -0.2) is 22.8 Å². The number of hydrogen-bond acceptors (Lipinski definition) is 4. The number of aryl methyl sites for hydroxylation is 2. The molecule has 1 atom stereocenters. The van der Waals surface area contributed by atoms with Crippen LogP contribution in [0.4, 0.5) is 0 Å². The first-order valence-corrected chi connectivity index (χ1v) is 9.27. The number of amides is 1. The first kappa shape index (κ1) is 18.2. The van der Waals surface area contributed by atoms with E-state index in [1.54, 1.807) is 18.3 Å². The van der Waals surface area contributed by atoms with E-state index in [-0.39, 0.29) is 17.1 Å². The minimum atomic E-state index is 0.0443. The molecule has 3 nitrogen and oxygen atoms in total. The van der Waals surface area contributed by atoms with Crippen molar-refractivity contribution < 1.29 is 9.59 Å². The molecule has 0 aliphatic heterocycles. The Kier molecular flexibility index (Phi) is 8.04. The van der Waals surface area contributed by atoms with Gasteiger partial charge in [-0.1, -0.05) is 25.1 Å². The lowest BCUT2D eigenvalue weighted by Gasteiger charge is -2.12. The van der Waals surface area contributed by atoms with Gasteiger partial charge in [0.25, 0.3) is 5.91 Å². The van der Waals surface area contributed by atoms with E-state index >= 15 is 0 Å². The van der Waals surface area contributed by atoms with Crippen LogP contribution in [0.1, 0.15) is 60.1 Å². The molecule has 1 N–H and O–H groups in total. The number of carbonyl (C=O) groups is 2. The van der Waals surface area contributed by atoms with E-state index in [4.69, 9.17) is 0 Å². The Hall–Kier alpha value is -0.810. The van der Waals surface area contributed by atoms with Crippen molar-refractivity contribution in [3.63, 3.8) is 0 Å². The Bertz CT molecular complexity index is 483. The normalized spacial score (nSPS) is 12.2. The van der Waals surface area contributed by atoms with E-state index in [2.05, 4.69) is 18.3 Å². The number of carbonyl (C=O) groups excluding carboxylic acids is 2. The number of hydrogen-bond donors (Lipinski definition) is 1. The van der Waals surface area contributed by atoms with Gasteiger partial charge in [0.15, 0.2) is 5.12 Å². The summed E-state index contributed by atoms with van der Waals surface area (Å²) in [6.07, 6.45) is 3.98. The molecule has 0 spiro atoms.